The summed E-state index contributed by atoms with van der Waals surface area (Å²) in [6, 6.07) is 0. The molecule has 1 amide bonds. The average molecular weight is 496 g/mol. The number of nitrogens with one attached hydrogen (secondary N) is 1. The van der Waals surface area contributed by atoms with E-state index < -0.39 is 80.5 Å². The van der Waals surface area contributed by atoms with Gasteiger partial charge < -0.3 is 55.3 Å². The molecule has 0 radical (unpaired) electrons. The van der Waals surface area contributed by atoms with Crippen LogP contribution in [0.5, 0.6) is 0 Å². The summed E-state index contributed by atoms with van der Waals surface area (Å²) in [7, 11) is 0. The molecule has 10 atom stereocenters. The lowest BCUT2D eigenvalue weighted by Crippen LogP contribution is -2.66. The molecule has 2 fully saturated rings. The molecule has 0 aromatic rings. The number of Topliss-reactive ketones (excluding diaryl/α,β-unsaturated/α-hetero) is 1. The Hall–Kier alpha value is -1.26. The number of ether oxygens (including phenoxy) is 3. The summed E-state index contributed by atoms with van der Waals surface area (Å²) in [4.78, 5) is 23.9. The largest absolute Gasteiger partial charge is 0.394 e. The summed E-state index contributed by atoms with van der Waals surface area (Å²) in [6.45, 7) is 2.21. The lowest BCUT2D eigenvalue weighted by atomic mass is 9.96. The van der Waals surface area contributed by atoms with Crippen LogP contribution in [-0.2, 0) is 23.8 Å². The number of ketones is 1. The summed E-state index contributed by atoms with van der Waals surface area (Å²) in [5.74, 6) is -0.460. The van der Waals surface area contributed by atoms with E-state index in [-0.39, 0.29) is 18.1 Å². The lowest BCUT2D eigenvalue weighted by Gasteiger charge is -2.46. The van der Waals surface area contributed by atoms with Crippen molar-refractivity contribution in [1.29, 1.82) is 0 Å². The van der Waals surface area contributed by atoms with Gasteiger partial charge >= 0.3 is 0 Å². The first-order valence-corrected chi connectivity index (χ1v) is 11.4. The minimum atomic E-state index is -1.76. The van der Waals surface area contributed by atoms with Gasteiger partial charge in [0.15, 0.2) is 12.5 Å². The zero-order valence-corrected chi connectivity index (χ0v) is 19.3. The highest BCUT2D eigenvalue weighted by Gasteiger charge is 2.50. The number of carbonyl (C=O) groups is 2. The molecule has 2 saturated heterocycles. The zero-order valence-electron chi connectivity index (χ0n) is 19.3. The van der Waals surface area contributed by atoms with Gasteiger partial charge in [0, 0.05) is 18.8 Å². The molecule has 13 heteroatoms. The first-order chi connectivity index (χ1) is 16.0. The molecule has 4 unspecified atom stereocenters. The molecule has 198 valence electrons. The predicted octanol–water partition coefficient (Wildman–Crippen LogP) is -3.49. The third-order valence-corrected chi connectivity index (χ3v) is 6.03. The van der Waals surface area contributed by atoms with Crippen molar-refractivity contribution < 1.29 is 59.5 Å². The molecule has 2 aliphatic rings. The molecule has 13 nitrogen and oxygen atoms in total. The first-order valence-electron chi connectivity index (χ1n) is 11.4. The maximum atomic E-state index is 12.2. The summed E-state index contributed by atoms with van der Waals surface area (Å²) in [5.41, 5.74) is 0. The molecule has 2 rings (SSSR count). The topological polar surface area (TPSA) is 215 Å². The van der Waals surface area contributed by atoms with Crippen LogP contribution in [0.4, 0.5) is 0 Å². The highest BCUT2D eigenvalue weighted by Crippen LogP contribution is 2.28. The maximum Gasteiger partial charge on any atom is 0.222 e. The number of aliphatic hydroxyl groups excluding tert-OH is 7. The molecule has 0 bridgehead atoms. The van der Waals surface area contributed by atoms with Crippen LogP contribution in [0.2, 0.25) is 0 Å². The predicted molar refractivity (Wildman–Crippen MR) is 113 cm³/mol. The van der Waals surface area contributed by atoms with E-state index >= 15 is 0 Å². The van der Waals surface area contributed by atoms with E-state index in [1.807, 2.05) is 0 Å². The Morgan fingerprint density at radius 3 is 2.03 bits per heavy atom. The average Bonchev–Trinajstić information content (AvgIpc) is 2.81. The molecule has 2 aliphatic heterocycles. The lowest BCUT2D eigenvalue weighted by molar-refractivity contribution is -0.343. The SMILES string of the molecule is CC(C)C(=O)CCCCC(=O)N[C@@H]1OC(CO)[C@@H](O[C@@H]2OC(CO)[C@H](O)[C@H](O)C2O)[C@H](O)C1O. The molecule has 8 N–H and O–H groups in total. The fourth-order valence-corrected chi connectivity index (χ4v) is 3.81. The molecule has 34 heavy (non-hydrogen) atoms. The normalized spacial score (nSPS) is 38.6. The van der Waals surface area contributed by atoms with Crippen molar-refractivity contribution in [2.75, 3.05) is 13.2 Å². The number of hydrogen-bond acceptors (Lipinski definition) is 12. The standard InChI is InChI=1S/C21H37NO12/c1-9(2)10(25)5-3-4-6-13(26)22-20-17(30)16(29)19(12(8-24)32-20)34-21-18(31)15(28)14(27)11(7-23)33-21/h9,11-12,14-21,23-24,27-31H,3-8H2,1-2H3,(H,22,26)/t11?,12?,14-,15-,16+,17?,18?,19+,20+,21-/m0/s1. The minimum absolute atomic E-state index is 0.0582. The fraction of sp³-hybridized carbons (Fsp3) is 0.905. The molecule has 0 aromatic heterocycles. The Labute approximate surface area is 197 Å². The van der Waals surface area contributed by atoms with Crippen molar-refractivity contribution in [3.63, 3.8) is 0 Å². The monoisotopic (exact) mass is 495 g/mol. The highest BCUT2D eigenvalue weighted by molar-refractivity contribution is 5.80. The second-order valence-electron chi connectivity index (χ2n) is 8.95. The molecule has 0 saturated carbocycles. The smallest absolute Gasteiger partial charge is 0.222 e. The third-order valence-electron chi connectivity index (χ3n) is 6.03. The molecule has 0 spiro atoms. The Morgan fingerprint density at radius 1 is 0.824 bits per heavy atom. The van der Waals surface area contributed by atoms with E-state index in [0.29, 0.717) is 19.3 Å². The Kier molecular flexibility index (Phi) is 11.2. The molecular formula is C21H37NO12. The number of rotatable bonds is 11. The van der Waals surface area contributed by atoms with Crippen LogP contribution in [0.1, 0.15) is 39.5 Å². The van der Waals surface area contributed by atoms with Gasteiger partial charge in [-0.2, -0.15) is 0 Å². The van der Waals surface area contributed by atoms with Gasteiger partial charge in [0.1, 0.15) is 54.6 Å². The van der Waals surface area contributed by atoms with Crippen LogP contribution in [0.25, 0.3) is 0 Å². The van der Waals surface area contributed by atoms with Crippen LogP contribution in [0.15, 0.2) is 0 Å². The minimum Gasteiger partial charge on any atom is -0.394 e. The van der Waals surface area contributed by atoms with Crippen molar-refractivity contribution in [3.05, 3.63) is 0 Å². The van der Waals surface area contributed by atoms with E-state index in [0.717, 1.165) is 0 Å². The van der Waals surface area contributed by atoms with E-state index in [2.05, 4.69) is 5.32 Å². The Bertz CT molecular complexity index is 660. The summed E-state index contributed by atoms with van der Waals surface area (Å²) < 4.78 is 16.2. The van der Waals surface area contributed by atoms with Crippen molar-refractivity contribution in [3.8, 4) is 0 Å². The van der Waals surface area contributed by atoms with E-state index in [1.165, 1.54) is 0 Å². The van der Waals surface area contributed by atoms with Gasteiger partial charge in [0.2, 0.25) is 5.91 Å². The van der Waals surface area contributed by atoms with Crippen molar-refractivity contribution >= 4 is 11.7 Å². The van der Waals surface area contributed by atoms with Crippen LogP contribution >= 0.6 is 0 Å². The highest BCUT2D eigenvalue weighted by atomic mass is 16.7. The second kappa shape index (κ2) is 13.2. The van der Waals surface area contributed by atoms with Crippen molar-refractivity contribution in [2.24, 2.45) is 5.92 Å². The van der Waals surface area contributed by atoms with E-state index in [4.69, 9.17) is 14.2 Å². The number of hydrogen-bond donors (Lipinski definition) is 8. The summed E-state index contributed by atoms with van der Waals surface area (Å²) >= 11 is 0. The van der Waals surface area contributed by atoms with Gasteiger partial charge in [0.25, 0.3) is 0 Å². The maximum absolute atomic E-state index is 12.2. The molecule has 0 aliphatic carbocycles. The molecule has 2 heterocycles. The van der Waals surface area contributed by atoms with Crippen LogP contribution in [-0.4, -0.2) is 122 Å². The van der Waals surface area contributed by atoms with Gasteiger partial charge in [-0.05, 0) is 12.8 Å². The number of amides is 1. The third kappa shape index (κ3) is 7.13. The Balaban J connectivity index is 1.93. The van der Waals surface area contributed by atoms with Crippen LogP contribution < -0.4 is 5.32 Å². The number of aliphatic hydroxyl groups is 7. The molecule has 0 aromatic carbocycles. The number of unbranched alkanes of at least 4 members (excludes halogenated alkanes) is 1. The van der Waals surface area contributed by atoms with Crippen molar-refractivity contribution in [2.45, 2.75) is 101 Å². The van der Waals surface area contributed by atoms with Gasteiger partial charge in [-0.25, -0.2) is 0 Å². The zero-order chi connectivity index (χ0) is 25.6. The van der Waals surface area contributed by atoms with Gasteiger partial charge in [-0.1, -0.05) is 13.8 Å². The van der Waals surface area contributed by atoms with Gasteiger partial charge in [-0.15, -0.1) is 0 Å². The Morgan fingerprint density at radius 2 is 1.44 bits per heavy atom. The quantitative estimate of drug-likeness (QED) is 0.131. The van der Waals surface area contributed by atoms with E-state index in [9.17, 15) is 45.3 Å². The van der Waals surface area contributed by atoms with E-state index in [1.54, 1.807) is 13.8 Å². The summed E-state index contributed by atoms with van der Waals surface area (Å²) in [5, 5.41) is 72.3. The van der Waals surface area contributed by atoms with Gasteiger partial charge in [0.05, 0.1) is 13.2 Å². The first kappa shape index (κ1) is 29.0. The van der Waals surface area contributed by atoms with Crippen LogP contribution in [0, 0.1) is 5.92 Å². The number of carbonyl (C=O) groups excluding carboxylic acids is 2. The molecular weight excluding hydrogens is 458 g/mol. The van der Waals surface area contributed by atoms with Crippen molar-refractivity contribution in [1.82, 2.24) is 5.32 Å². The van der Waals surface area contributed by atoms with Gasteiger partial charge in [-0.3, -0.25) is 9.59 Å². The second-order valence-corrected chi connectivity index (χ2v) is 8.95. The fourth-order valence-electron chi connectivity index (χ4n) is 3.81. The summed E-state index contributed by atoms with van der Waals surface area (Å²) in [6.07, 6.45) is -14.1. The van der Waals surface area contributed by atoms with Crippen LogP contribution in [0.3, 0.4) is 0 Å².